The Morgan fingerprint density at radius 2 is 1.89 bits per heavy atom. The Labute approximate surface area is 115 Å². The van der Waals surface area contributed by atoms with E-state index < -0.39 is 0 Å². The molecule has 0 heterocycles. The lowest BCUT2D eigenvalue weighted by Crippen LogP contribution is -2.41. The van der Waals surface area contributed by atoms with Gasteiger partial charge in [-0.2, -0.15) is 0 Å². The Morgan fingerprint density at radius 1 is 1.22 bits per heavy atom. The Morgan fingerprint density at radius 3 is 2.44 bits per heavy atom. The zero-order valence-electron chi connectivity index (χ0n) is 12.1. The maximum Gasteiger partial charge on any atom is 0.0758 e. The van der Waals surface area contributed by atoms with Gasteiger partial charge in [-0.1, -0.05) is 6.07 Å². The van der Waals surface area contributed by atoms with Crippen LogP contribution in [0.5, 0.6) is 0 Å². The van der Waals surface area contributed by atoms with E-state index in [1.54, 1.807) is 11.8 Å². The van der Waals surface area contributed by atoms with E-state index in [1.165, 1.54) is 16.0 Å². The average molecular weight is 267 g/mol. The third kappa shape index (κ3) is 5.89. The molecular formula is C15H25NOS. The highest BCUT2D eigenvalue weighted by Gasteiger charge is 2.12. The van der Waals surface area contributed by atoms with E-state index in [2.05, 4.69) is 58.1 Å². The predicted octanol–water partition coefficient (Wildman–Crippen LogP) is 3.14. The summed E-state index contributed by atoms with van der Waals surface area (Å²) in [7, 11) is 0. The number of aliphatic hydroxyl groups is 1. The molecule has 1 unspecified atom stereocenters. The first kappa shape index (κ1) is 15.5. The number of thioether (sulfide) groups is 1. The molecule has 0 aliphatic rings. The maximum absolute atomic E-state index is 9.91. The molecule has 0 saturated heterocycles. The highest BCUT2D eigenvalue weighted by Crippen LogP contribution is 2.21. The quantitative estimate of drug-likeness (QED) is 0.804. The number of hydrogen-bond donors (Lipinski definition) is 2. The highest BCUT2D eigenvalue weighted by atomic mass is 32.2. The lowest BCUT2D eigenvalue weighted by atomic mass is 10.1. The molecule has 0 fully saturated rings. The first-order valence-corrected chi connectivity index (χ1v) is 7.39. The van der Waals surface area contributed by atoms with Crippen molar-refractivity contribution < 1.29 is 5.11 Å². The van der Waals surface area contributed by atoms with E-state index in [0.29, 0.717) is 6.54 Å². The minimum Gasteiger partial charge on any atom is -0.391 e. The Kier molecular flexibility index (Phi) is 5.70. The summed E-state index contributed by atoms with van der Waals surface area (Å²) in [5.74, 6) is 0.728. The van der Waals surface area contributed by atoms with Gasteiger partial charge in [0.25, 0.3) is 0 Å². The van der Waals surface area contributed by atoms with Crippen molar-refractivity contribution in [2.24, 2.45) is 0 Å². The number of rotatable bonds is 5. The molecule has 1 aromatic rings. The fraction of sp³-hybridized carbons (Fsp3) is 0.600. The van der Waals surface area contributed by atoms with Gasteiger partial charge in [-0.15, -0.1) is 11.8 Å². The fourth-order valence-corrected chi connectivity index (χ4v) is 2.41. The fourth-order valence-electron chi connectivity index (χ4n) is 1.48. The molecule has 0 aliphatic heterocycles. The summed E-state index contributed by atoms with van der Waals surface area (Å²) >= 11 is 1.71. The molecule has 0 saturated carbocycles. The van der Waals surface area contributed by atoms with Gasteiger partial charge in [0.15, 0.2) is 0 Å². The van der Waals surface area contributed by atoms with Crippen molar-refractivity contribution in [1.29, 1.82) is 0 Å². The monoisotopic (exact) mass is 267 g/mol. The van der Waals surface area contributed by atoms with Crippen LogP contribution in [0.25, 0.3) is 0 Å². The summed E-state index contributed by atoms with van der Waals surface area (Å²) in [6.07, 6.45) is -0.309. The van der Waals surface area contributed by atoms with Gasteiger partial charge in [0, 0.05) is 22.7 Å². The summed E-state index contributed by atoms with van der Waals surface area (Å²) in [6, 6.07) is 6.44. The van der Waals surface area contributed by atoms with Gasteiger partial charge in [0.1, 0.15) is 0 Å². The van der Waals surface area contributed by atoms with Crippen molar-refractivity contribution in [3.63, 3.8) is 0 Å². The molecule has 1 atom stereocenters. The van der Waals surface area contributed by atoms with Crippen LogP contribution in [0.3, 0.4) is 0 Å². The van der Waals surface area contributed by atoms with Crippen LogP contribution in [0.2, 0.25) is 0 Å². The second-order valence-corrected chi connectivity index (χ2v) is 6.94. The minimum atomic E-state index is -0.309. The van der Waals surface area contributed by atoms with Crippen molar-refractivity contribution in [3.05, 3.63) is 29.3 Å². The van der Waals surface area contributed by atoms with Crippen molar-refractivity contribution >= 4 is 11.8 Å². The first-order chi connectivity index (χ1) is 8.28. The van der Waals surface area contributed by atoms with Gasteiger partial charge in [0.05, 0.1) is 6.10 Å². The summed E-state index contributed by atoms with van der Waals surface area (Å²) < 4.78 is 0. The maximum atomic E-state index is 9.91. The number of benzene rings is 1. The summed E-state index contributed by atoms with van der Waals surface area (Å²) in [5.41, 5.74) is 2.68. The molecule has 1 aromatic carbocycles. The molecular weight excluding hydrogens is 242 g/mol. The Balaban J connectivity index is 2.38. The summed E-state index contributed by atoms with van der Waals surface area (Å²) in [6.45, 7) is 11.2. The van der Waals surface area contributed by atoms with Crippen LogP contribution in [-0.2, 0) is 0 Å². The average Bonchev–Trinajstić information content (AvgIpc) is 2.27. The molecule has 3 heteroatoms. The van der Waals surface area contributed by atoms with Gasteiger partial charge in [-0.25, -0.2) is 0 Å². The minimum absolute atomic E-state index is 0.0616. The van der Waals surface area contributed by atoms with Crippen LogP contribution < -0.4 is 5.32 Å². The molecule has 2 N–H and O–H groups in total. The summed E-state index contributed by atoms with van der Waals surface area (Å²) in [4.78, 5) is 1.23. The van der Waals surface area contributed by atoms with Crippen LogP contribution in [0.4, 0.5) is 0 Å². The molecule has 0 aromatic heterocycles. The van der Waals surface area contributed by atoms with Crippen molar-refractivity contribution in [3.8, 4) is 0 Å². The van der Waals surface area contributed by atoms with E-state index in [4.69, 9.17) is 0 Å². The van der Waals surface area contributed by atoms with Gasteiger partial charge in [-0.05, 0) is 57.9 Å². The second kappa shape index (κ2) is 6.60. The molecule has 0 amide bonds. The standard InChI is InChI=1S/C15H25NOS/c1-11-6-7-14(8-12(11)2)18-10-13(17)9-16-15(3,4)5/h6-8,13,16-17H,9-10H2,1-5H3. The van der Waals surface area contributed by atoms with Crippen molar-refractivity contribution in [2.75, 3.05) is 12.3 Å². The molecule has 102 valence electrons. The molecule has 0 spiro atoms. The molecule has 18 heavy (non-hydrogen) atoms. The highest BCUT2D eigenvalue weighted by molar-refractivity contribution is 7.99. The topological polar surface area (TPSA) is 32.3 Å². The number of hydrogen-bond acceptors (Lipinski definition) is 3. The molecule has 0 radical (unpaired) electrons. The van der Waals surface area contributed by atoms with Crippen molar-refractivity contribution in [2.45, 2.75) is 51.2 Å². The Bertz CT molecular complexity index is 385. The lowest BCUT2D eigenvalue weighted by Gasteiger charge is -2.22. The van der Waals surface area contributed by atoms with Crippen LogP contribution in [0.1, 0.15) is 31.9 Å². The van der Waals surface area contributed by atoms with E-state index in [0.717, 1.165) is 5.75 Å². The van der Waals surface area contributed by atoms with E-state index in [9.17, 15) is 5.11 Å². The lowest BCUT2D eigenvalue weighted by molar-refractivity contribution is 0.183. The number of aliphatic hydroxyl groups excluding tert-OH is 1. The third-order valence-electron chi connectivity index (χ3n) is 2.79. The third-order valence-corrected chi connectivity index (χ3v) is 3.93. The number of nitrogens with one attached hydrogen (secondary N) is 1. The zero-order chi connectivity index (χ0) is 13.8. The van der Waals surface area contributed by atoms with E-state index >= 15 is 0 Å². The summed E-state index contributed by atoms with van der Waals surface area (Å²) in [5, 5.41) is 13.2. The van der Waals surface area contributed by atoms with E-state index in [1.807, 2.05) is 0 Å². The van der Waals surface area contributed by atoms with Crippen LogP contribution in [0.15, 0.2) is 23.1 Å². The normalized spacial score (nSPS) is 13.7. The SMILES string of the molecule is Cc1ccc(SCC(O)CNC(C)(C)C)cc1C. The van der Waals surface area contributed by atoms with Gasteiger partial charge in [-0.3, -0.25) is 0 Å². The van der Waals surface area contributed by atoms with Crippen LogP contribution >= 0.6 is 11.8 Å². The van der Waals surface area contributed by atoms with Gasteiger partial charge < -0.3 is 10.4 Å². The second-order valence-electron chi connectivity index (χ2n) is 5.84. The number of β-amino-alcohol motifs (C(OH)–C–C–N with tert-alkyl or cyclic N) is 1. The zero-order valence-corrected chi connectivity index (χ0v) is 12.9. The van der Waals surface area contributed by atoms with Gasteiger partial charge in [0.2, 0.25) is 0 Å². The number of aryl methyl sites for hydroxylation is 2. The molecule has 0 aliphatic carbocycles. The van der Waals surface area contributed by atoms with E-state index in [-0.39, 0.29) is 11.6 Å². The van der Waals surface area contributed by atoms with Crippen molar-refractivity contribution in [1.82, 2.24) is 5.32 Å². The smallest absolute Gasteiger partial charge is 0.0758 e. The van der Waals surface area contributed by atoms with Crippen LogP contribution in [0, 0.1) is 13.8 Å². The molecule has 2 nitrogen and oxygen atoms in total. The van der Waals surface area contributed by atoms with Crippen LogP contribution in [-0.4, -0.2) is 29.0 Å². The van der Waals surface area contributed by atoms with Gasteiger partial charge >= 0.3 is 0 Å². The Hall–Kier alpha value is -0.510. The largest absolute Gasteiger partial charge is 0.391 e. The molecule has 1 rings (SSSR count). The first-order valence-electron chi connectivity index (χ1n) is 6.41. The molecule has 0 bridgehead atoms. The predicted molar refractivity (Wildman–Crippen MR) is 80.4 cm³/mol.